The molecule has 0 bridgehead atoms. The zero-order chi connectivity index (χ0) is 12.0. The van der Waals surface area contributed by atoms with E-state index in [9.17, 15) is 4.79 Å². The average molecular weight is 239 g/mol. The second kappa shape index (κ2) is 6.55. The Labute approximate surface area is 101 Å². The predicted molar refractivity (Wildman–Crippen MR) is 67.9 cm³/mol. The van der Waals surface area contributed by atoms with E-state index in [1.54, 1.807) is 0 Å². The van der Waals surface area contributed by atoms with E-state index in [1.165, 1.54) is 0 Å². The molecule has 0 amide bonds. The summed E-state index contributed by atoms with van der Waals surface area (Å²) in [4.78, 5) is 10.9. The van der Waals surface area contributed by atoms with Gasteiger partial charge in [-0.15, -0.1) is 0 Å². The van der Waals surface area contributed by atoms with Crippen molar-refractivity contribution in [2.24, 2.45) is 0 Å². The molecule has 0 spiro atoms. The Bertz CT molecular complexity index is 329. The third-order valence-electron chi connectivity index (χ3n) is 2.49. The van der Waals surface area contributed by atoms with Crippen LogP contribution in [-0.4, -0.2) is 22.9 Å². The maximum absolute atomic E-state index is 10.9. The Hall–Kier alpha value is -1.00. The van der Waals surface area contributed by atoms with Crippen LogP contribution in [0.5, 0.6) is 0 Å². The van der Waals surface area contributed by atoms with Crippen molar-refractivity contribution in [2.75, 3.05) is 5.75 Å². The van der Waals surface area contributed by atoms with E-state index in [0.717, 1.165) is 12.0 Å². The number of carbonyl (C=O) groups is 1. The smallest absolute Gasteiger partial charge is 0.321 e. The first-order valence-corrected chi connectivity index (χ1v) is 5.97. The number of benzene rings is 1. The third-order valence-corrected chi connectivity index (χ3v) is 2.86. The van der Waals surface area contributed by atoms with Gasteiger partial charge >= 0.3 is 5.97 Å². The molecule has 16 heavy (non-hydrogen) atoms. The number of nitrogens with one attached hydrogen (secondary N) is 1. The van der Waals surface area contributed by atoms with Crippen molar-refractivity contribution >= 4 is 18.6 Å². The Morgan fingerprint density at radius 3 is 2.50 bits per heavy atom. The number of rotatable bonds is 6. The Morgan fingerprint density at radius 1 is 1.44 bits per heavy atom. The monoisotopic (exact) mass is 239 g/mol. The van der Waals surface area contributed by atoms with Crippen LogP contribution in [0.1, 0.15) is 24.9 Å². The summed E-state index contributed by atoms with van der Waals surface area (Å²) in [6, 6.07) is 9.32. The fraction of sp³-hybridized carbons (Fsp3) is 0.417. The van der Waals surface area contributed by atoms with Gasteiger partial charge in [-0.05, 0) is 12.0 Å². The van der Waals surface area contributed by atoms with Crippen LogP contribution in [0.2, 0.25) is 0 Å². The molecule has 0 fully saturated rings. The summed E-state index contributed by atoms with van der Waals surface area (Å²) in [5.41, 5.74) is 1.11. The second-order valence-electron chi connectivity index (χ2n) is 3.61. The van der Waals surface area contributed by atoms with E-state index < -0.39 is 12.0 Å². The molecule has 2 N–H and O–H groups in total. The van der Waals surface area contributed by atoms with Gasteiger partial charge in [-0.3, -0.25) is 10.1 Å². The van der Waals surface area contributed by atoms with Crippen molar-refractivity contribution in [3.05, 3.63) is 35.9 Å². The van der Waals surface area contributed by atoms with Gasteiger partial charge in [0.2, 0.25) is 0 Å². The number of carboxylic acids is 1. The van der Waals surface area contributed by atoms with Crippen LogP contribution in [-0.2, 0) is 4.79 Å². The normalized spacial score (nSPS) is 14.4. The molecule has 88 valence electrons. The molecule has 2 atom stereocenters. The lowest BCUT2D eigenvalue weighted by Gasteiger charge is -2.21. The topological polar surface area (TPSA) is 49.3 Å². The zero-order valence-electron chi connectivity index (χ0n) is 9.26. The molecule has 2 unspecified atom stereocenters. The van der Waals surface area contributed by atoms with Crippen LogP contribution in [0, 0.1) is 0 Å². The number of hydrogen-bond acceptors (Lipinski definition) is 3. The highest BCUT2D eigenvalue weighted by molar-refractivity contribution is 7.80. The SMILES string of the molecule is CCC(NC(CS)C(=O)O)c1ccccc1. The Kier molecular flexibility index (Phi) is 5.35. The van der Waals surface area contributed by atoms with Crippen molar-refractivity contribution in [3.63, 3.8) is 0 Å². The number of thiol groups is 1. The molecule has 0 aliphatic carbocycles. The van der Waals surface area contributed by atoms with Crippen molar-refractivity contribution in [1.29, 1.82) is 0 Å². The number of carboxylic acid groups (broad SMARTS) is 1. The fourth-order valence-corrected chi connectivity index (χ4v) is 1.84. The summed E-state index contributed by atoms with van der Waals surface area (Å²) in [5.74, 6) is -0.567. The van der Waals surface area contributed by atoms with E-state index in [0.29, 0.717) is 5.75 Å². The minimum atomic E-state index is -0.857. The first kappa shape index (κ1) is 13.1. The van der Waals surface area contributed by atoms with Crippen molar-refractivity contribution < 1.29 is 9.90 Å². The highest BCUT2D eigenvalue weighted by Gasteiger charge is 2.19. The molecule has 1 rings (SSSR count). The second-order valence-corrected chi connectivity index (χ2v) is 3.98. The molecule has 0 aliphatic heterocycles. The summed E-state index contributed by atoms with van der Waals surface area (Å²) in [6.07, 6.45) is 0.849. The molecule has 3 nitrogen and oxygen atoms in total. The molecule has 0 saturated heterocycles. The van der Waals surface area contributed by atoms with E-state index in [2.05, 4.69) is 17.9 Å². The molecule has 0 aromatic heterocycles. The van der Waals surface area contributed by atoms with E-state index >= 15 is 0 Å². The van der Waals surface area contributed by atoms with Crippen LogP contribution in [0.4, 0.5) is 0 Å². The Morgan fingerprint density at radius 2 is 2.06 bits per heavy atom. The first-order chi connectivity index (χ1) is 7.69. The lowest BCUT2D eigenvalue weighted by atomic mass is 10.0. The lowest BCUT2D eigenvalue weighted by Crippen LogP contribution is -2.40. The molecule has 0 heterocycles. The quantitative estimate of drug-likeness (QED) is 0.666. The lowest BCUT2D eigenvalue weighted by molar-refractivity contribution is -0.139. The largest absolute Gasteiger partial charge is 0.480 e. The third kappa shape index (κ3) is 3.54. The van der Waals surface area contributed by atoms with Gasteiger partial charge in [-0.25, -0.2) is 0 Å². The van der Waals surface area contributed by atoms with Crippen molar-refractivity contribution in [3.8, 4) is 0 Å². The fourth-order valence-electron chi connectivity index (χ4n) is 1.58. The van der Waals surface area contributed by atoms with Crippen molar-refractivity contribution in [2.45, 2.75) is 25.4 Å². The summed E-state index contributed by atoms with van der Waals surface area (Å²) in [5, 5.41) is 12.0. The van der Waals surface area contributed by atoms with Gasteiger partial charge in [-0.2, -0.15) is 12.6 Å². The number of aliphatic carboxylic acids is 1. The highest BCUT2D eigenvalue weighted by Crippen LogP contribution is 2.16. The van der Waals surface area contributed by atoms with Crippen LogP contribution >= 0.6 is 12.6 Å². The van der Waals surface area contributed by atoms with Gasteiger partial charge in [0.1, 0.15) is 6.04 Å². The van der Waals surface area contributed by atoms with Gasteiger partial charge in [-0.1, -0.05) is 37.3 Å². The van der Waals surface area contributed by atoms with Crippen LogP contribution < -0.4 is 5.32 Å². The molecule has 0 radical (unpaired) electrons. The molecule has 4 heteroatoms. The zero-order valence-corrected chi connectivity index (χ0v) is 10.2. The van der Waals surface area contributed by atoms with E-state index in [-0.39, 0.29) is 6.04 Å². The molecular formula is C12H17NO2S. The van der Waals surface area contributed by atoms with Crippen LogP contribution in [0.25, 0.3) is 0 Å². The summed E-state index contributed by atoms with van der Waals surface area (Å²) in [6.45, 7) is 2.03. The van der Waals surface area contributed by atoms with Crippen LogP contribution in [0.3, 0.4) is 0 Å². The highest BCUT2D eigenvalue weighted by atomic mass is 32.1. The maximum atomic E-state index is 10.9. The predicted octanol–water partition coefficient (Wildman–Crippen LogP) is 2.11. The summed E-state index contributed by atoms with van der Waals surface area (Å²) in [7, 11) is 0. The van der Waals surface area contributed by atoms with Crippen LogP contribution in [0.15, 0.2) is 30.3 Å². The molecule has 1 aromatic rings. The maximum Gasteiger partial charge on any atom is 0.321 e. The van der Waals surface area contributed by atoms with Gasteiger partial charge in [0.15, 0.2) is 0 Å². The minimum absolute atomic E-state index is 0.0643. The number of hydrogen-bond donors (Lipinski definition) is 3. The van der Waals surface area contributed by atoms with Crippen molar-refractivity contribution in [1.82, 2.24) is 5.32 Å². The van der Waals surface area contributed by atoms with E-state index in [4.69, 9.17) is 5.11 Å². The van der Waals surface area contributed by atoms with Gasteiger partial charge in [0.25, 0.3) is 0 Å². The Balaban J connectivity index is 2.72. The molecule has 1 aromatic carbocycles. The van der Waals surface area contributed by atoms with Gasteiger partial charge < -0.3 is 5.11 Å². The average Bonchev–Trinajstić information content (AvgIpc) is 2.31. The summed E-state index contributed by atoms with van der Waals surface area (Å²) >= 11 is 4.04. The minimum Gasteiger partial charge on any atom is -0.480 e. The molecule has 0 saturated carbocycles. The van der Waals surface area contributed by atoms with Gasteiger partial charge in [0, 0.05) is 11.8 Å². The first-order valence-electron chi connectivity index (χ1n) is 5.33. The molecular weight excluding hydrogens is 222 g/mol. The van der Waals surface area contributed by atoms with E-state index in [1.807, 2.05) is 37.3 Å². The molecule has 0 aliphatic rings. The standard InChI is InChI=1S/C12H17NO2S/c1-2-10(9-6-4-3-5-7-9)13-11(8-16)12(14)15/h3-7,10-11,13,16H,2,8H2,1H3,(H,14,15). The summed E-state index contributed by atoms with van der Waals surface area (Å²) < 4.78 is 0. The van der Waals surface area contributed by atoms with Gasteiger partial charge in [0.05, 0.1) is 0 Å².